The first kappa shape index (κ1) is 23.8. The van der Waals surface area contributed by atoms with E-state index < -0.39 is 0 Å². The molecule has 184 valence electrons. The Morgan fingerprint density at radius 3 is 2.74 bits per heavy atom. The summed E-state index contributed by atoms with van der Waals surface area (Å²) in [7, 11) is 4.14. The zero-order valence-corrected chi connectivity index (χ0v) is 21.4. The zero-order chi connectivity index (χ0) is 24.2. The molecule has 3 aromatic heterocycles. The fraction of sp³-hybridized carbons (Fsp3) is 0.480. The van der Waals surface area contributed by atoms with Gasteiger partial charge >= 0.3 is 0 Å². The van der Waals surface area contributed by atoms with Gasteiger partial charge in [0.25, 0.3) is 0 Å². The van der Waals surface area contributed by atoms with Gasteiger partial charge in [-0.2, -0.15) is 5.10 Å². The summed E-state index contributed by atoms with van der Waals surface area (Å²) in [6.07, 6.45) is 8.67. The summed E-state index contributed by atoms with van der Waals surface area (Å²) >= 11 is 1.71. The highest BCUT2D eigenvalue weighted by Crippen LogP contribution is 2.39. The Hall–Kier alpha value is -2.95. The predicted octanol–water partition coefficient (Wildman–Crippen LogP) is 3.93. The minimum atomic E-state index is -0.172. The fourth-order valence-corrected chi connectivity index (χ4v) is 5.19. The molecule has 1 N–H and O–H groups in total. The molecule has 0 saturated heterocycles. The molecular formula is C25H33N9S. The largest absolute Gasteiger partial charge is 0.304 e. The Labute approximate surface area is 210 Å². The number of aryl methyl sites for hydroxylation is 1. The molecule has 1 unspecified atom stereocenters. The maximum Gasteiger partial charge on any atom is 0.175 e. The Morgan fingerprint density at radius 1 is 1.17 bits per heavy atom. The van der Waals surface area contributed by atoms with E-state index in [2.05, 4.69) is 83.3 Å². The van der Waals surface area contributed by atoms with Gasteiger partial charge in [-0.25, -0.2) is 14.3 Å². The minimum Gasteiger partial charge on any atom is -0.304 e. The fourth-order valence-electron chi connectivity index (χ4n) is 4.08. The van der Waals surface area contributed by atoms with Crippen molar-refractivity contribution < 1.29 is 0 Å². The molecule has 0 bridgehead atoms. The molecular weight excluding hydrogens is 458 g/mol. The van der Waals surface area contributed by atoms with Gasteiger partial charge in [-0.05, 0) is 67.5 Å². The van der Waals surface area contributed by atoms with E-state index in [1.54, 1.807) is 11.3 Å². The smallest absolute Gasteiger partial charge is 0.175 e. The van der Waals surface area contributed by atoms with E-state index in [1.165, 1.54) is 29.0 Å². The van der Waals surface area contributed by atoms with E-state index in [0.29, 0.717) is 12.5 Å². The van der Waals surface area contributed by atoms with Crippen LogP contribution in [0.3, 0.4) is 0 Å². The average molecular weight is 492 g/mol. The molecule has 0 spiro atoms. The number of thiazole rings is 1. The third kappa shape index (κ3) is 5.83. The molecule has 1 atom stereocenters. The molecule has 1 aliphatic rings. The Balaban J connectivity index is 1.32. The number of aromatic nitrogens is 7. The summed E-state index contributed by atoms with van der Waals surface area (Å²) in [5, 5.41) is 22.0. The molecule has 0 radical (unpaired) electrons. The highest BCUT2D eigenvalue weighted by Gasteiger charge is 2.26. The van der Waals surface area contributed by atoms with Gasteiger partial charge in [-0.3, -0.25) is 5.32 Å². The van der Waals surface area contributed by atoms with E-state index in [4.69, 9.17) is 10.1 Å². The maximum atomic E-state index is 4.74. The van der Waals surface area contributed by atoms with Crippen LogP contribution in [0, 0.1) is 0 Å². The lowest BCUT2D eigenvalue weighted by Gasteiger charge is -2.16. The van der Waals surface area contributed by atoms with Crippen LogP contribution < -0.4 is 5.32 Å². The molecule has 5 rings (SSSR count). The number of benzene rings is 1. The SMILES string of the molecule is CCCCn1nnnc1C(NCc1ccc(-n2ccc(C3CC3)n2)cc1)c1ncc(CN(C)C)s1. The van der Waals surface area contributed by atoms with Crippen molar-refractivity contribution >= 4 is 11.3 Å². The molecule has 10 heteroatoms. The minimum absolute atomic E-state index is 0.172. The van der Waals surface area contributed by atoms with E-state index in [9.17, 15) is 0 Å². The van der Waals surface area contributed by atoms with Crippen LogP contribution in [-0.4, -0.2) is 54.0 Å². The van der Waals surface area contributed by atoms with Crippen molar-refractivity contribution in [3.8, 4) is 5.69 Å². The van der Waals surface area contributed by atoms with E-state index in [1.807, 2.05) is 15.6 Å². The van der Waals surface area contributed by atoms with Gasteiger partial charge in [0.1, 0.15) is 11.0 Å². The second-order valence-electron chi connectivity index (χ2n) is 9.46. The lowest BCUT2D eigenvalue weighted by Crippen LogP contribution is -2.25. The predicted molar refractivity (Wildman–Crippen MR) is 136 cm³/mol. The number of hydrogen-bond acceptors (Lipinski definition) is 8. The summed E-state index contributed by atoms with van der Waals surface area (Å²) in [6.45, 7) is 4.52. The summed E-state index contributed by atoms with van der Waals surface area (Å²) < 4.78 is 3.88. The highest BCUT2D eigenvalue weighted by atomic mass is 32.1. The third-order valence-electron chi connectivity index (χ3n) is 6.15. The molecule has 9 nitrogen and oxygen atoms in total. The molecule has 1 aliphatic carbocycles. The van der Waals surface area contributed by atoms with Gasteiger partial charge in [0.15, 0.2) is 5.82 Å². The Kier molecular flexibility index (Phi) is 7.31. The number of tetrazole rings is 1. The van der Waals surface area contributed by atoms with Gasteiger partial charge in [-0.1, -0.05) is 25.5 Å². The first-order chi connectivity index (χ1) is 17.1. The maximum absolute atomic E-state index is 4.74. The van der Waals surface area contributed by atoms with Crippen LogP contribution in [0.4, 0.5) is 0 Å². The first-order valence-electron chi connectivity index (χ1n) is 12.3. The van der Waals surface area contributed by atoms with Crippen molar-refractivity contribution in [3.63, 3.8) is 0 Å². The first-order valence-corrected chi connectivity index (χ1v) is 13.2. The number of hydrogen-bond donors (Lipinski definition) is 1. The van der Waals surface area contributed by atoms with Crippen molar-refractivity contribution in [2.45, 2.75) is 64.2 Å². The molecule has 0 aliphatic heterocycles. The van der Waals surface area contributed by atoms with Gasteiger partial charge in [0.2, 0.25) is 0 Å². The summed E-state index contributed by atoms with van der Waals surface area (Å²) in [6, 6.07) is 10.5. The second-order valence-corrected chi connectivity index (χ2v) is 10.6. The number of nitrogens with one attached hydrogen (secondary N) is 1. The monoisotopic (exact) mass is 491 g/mol. The topological polar surface area (TPSA) is 89.6 Å². The standard InChI is InChI=1S/C25H33N9S/c1-4-5-13-34-24(28-30-31-34)23(25-27-16-21(35-25)17-32(2)3)26-15-18-6-10-20(11-7-18)33-14-12-22(29-33)19-8-9-19/h6-7,10-12,14,16,19,23,26H,4-5,8-9,13,15,17H2,1-3H3. The van der Waals surface area contributed by atoms with Crippen LogP contribution in [0.1, 0.15) is 71.5 Å². The van der Waals surface area contributed by atoms with Crippen LogP contribution in [0.2, 0.25) is 0 Å². The van der Waals surface area contributed by atoms with Crippen LogP contribution in [-0.2, 0) is 19.6 Å². The van der Waals surface area contributed by atoms with Crippen molar-refractivity contribution in [2.75, 3.05) is 14.1 Å². The second kappa shape index (κ2) is 10.8. The average Bonchev–Trinajstić information content (AvgIpc) is 3.23. The number of rotatable bonds is 12. The summed E-state index contributed by atoms with van der Waals surface area (Å²) in [5.41, 5.74) is 3.47. The van der Waals surface area contributed by atoms with Crippen molar-refractivity contribution in [1.29, 1.82) is 0 Å². The number of unbranched alkanes of at least 4 members (excludes halogenated alkanes) is 1. The molecule has 35 heavy (non-hydrogen) atoms. The lowest BCUT2D eigenvalue weighted by molar-refractivity contribution is 0.406. The van der Waals surface area contributed by atoms with Crippen molar-refractivity contribution in [3.05, 3.63) is 69.7 Å². The highest BCUT2D eigenvalue weighted by molar-refractivity contribution is 7.11. The summed E-state index contributed by atoms with van der Waals surface area (Å²) in [5.74, 6) is 1.47. The quantitative estimate of drug-likeness (QED) is 0.321. The van der Waals surface area contributed by atoms with Crippen LogP contribution in [0.5, 0.6) is 0 Å². The molecule has 1 saturated carbocycles. The zero-order valence-electron chi connectivity index (χ0n) is 20.6. The molecule has 4 aromatic rings. The molecule has 1 fully saturated rings. The Morgan fingerprint density at radius 2 is 2.00 bits per heavy atom. The van der Waals surface area contributed by atoms with Crippen molar-refractivity contribution in [2.24, 2.45) is 0 Å². The van der Waals surface area contributed by atoms with E-state index in [0.717, 1.165) is 42.5 Å². The van der Waals surface area contributed by atoms with Gasteiger partial charge in [0, 0.05) is 42.8 Å². The van der Waals surface area contributed by atoms with Gasteiger partial charge in [0.05, 0.1) is 11.4 Å². The van der Waals surface area contributed by atoms with Crippen LogP contribution >= 0.6 is 11.3 Å². The third-order valence-corrected chi connectivity index (χ3v) is 7.20. The normalized spacial score (nSPS) is 14.6. The molecule has 1 aromatic carbocycles. The van der Waals surface area contributed by atoms with E-state index in [-0.39, 0.29) is 6.04 Å². The number of nitrogens with zero attached hydrogens (tertiary/aromatic N) is 8. The van der Waals surface area contributed by atoms with Crippen molar-refractivity contribution in [1.82, 2.24) is 45.2 Å². The van der Waals surface area contributed by atoms with Gasteiger partial charge < -0.3 is 4.90 Å². The molecule has 3 heterocycles. The van der Waals surface area contributed by atoms with Crippen LogP contribution in [0.25, 0.3) is 5.69 Å². The lowest BCUT2D eigenvalue weighted by atomic mass is 10.2. The Bertz CT molecular complexity index is 1220. The molecule has 0 amide bonds. The van der Waals surface area contributed by atoms with E-state index >= 15 is 0 Å². The summed E-state index contributed by atoms with van der Waals surface area (Å²) in [4.78, 5) is 8.12. The van der Waals surface area contributed by atoms with Gasteiger partial charge in [-0.15, -0.1) is 16.4 Å². The van der Waals surface area contributed by atoms with Crippen LogP contribution in [0.15, 0.2) is 42.7 Å².